The Bertz CT molecular complexity index is 4540. The molecule has 3 heterocycles. The number of carbonyl (C=O) groups excluding carboxylic acids is 6. The standard InChI is InChI=1S/3C29H28N2O3.C2H6.2CH2Cl2/c3*1-19-3-10-26(20(2)13-19)29(33)34-18-21-4-7-23(8-5-21)27(16-30)28(32)15-22-6-9-25-17-31-12-11-24(25)14-22;1-2;2*2-1-3/h3*3-14,17,27H,15-16,18,30H2,1-2H3;1-2H3;2*1H2/t3*27-;;;/m111.../s1. The van der Waals surface area contributed by atoms with Crippen LogP contribution in [0.25, 0.3) is 32.3 Å². The third-order valence-corrected chi connectivity index (χ3v) is 18.2. The molecule has 3 aromatic heterocycles. The van der Waals surface area contributed by atoms with E-state index in [-0.39, 0.29) is 103 Å². The number of esters is 3. The first-order valence-corrected chi connectivity index (χ1v) is 38.2. The van der Waals surface area contributed by atoms with Crippen LogP contribution >= 0.6 is 46.4 Å². The molecule has 0 saturated heterocycles. The Balaban J connectivity index is 0.000000219. The number of pyridine rings is 3. The fourth-order valence-electron chi connectivity index (χ4n) is 12.4. The Morgan fingerprint density at radius 2 is 0.555 bits per heavy atom. The SMILES string of the molecule is CC.Cc1ccc(C(=O)OCc2ccc([C@@H](CN)C(=O)Cc3ccc4cnccc4c3)cc2)c(C)c1.Cc1ccc(C(=O)OCc2ccc([C@@H](CN)C(=O)Cc3ccc4cnccc4c3)cc2)c(C)c1.Cc1ccc(C(=O)OCc2ccc([C@@H](CN)C(=O)Cc3ccc4cnccc4c3)cc2)c(C)c1.ClCCl.ClCCl. The first-order valence-electron chi connectivity index (χ1n) is 36.1. The Morgan fingerprint density at radius 3 is 0.782 bits per heavy atom. The van der Waals surface area contributed by atoms with Crippen LogP contribution in [0.2, 0.25) is 0 Å². The van der Waals surface area contributed by atoms with Gasteiger partial charge >= 0.3 is 17.9 Å². The molecule has 0 aliphatic carbocycles. The first kappa shape index (κ1) is 86.9. The number of aryl methyl sites for hydroxylation is 6. The molecule has 19 heteroatoms. The van der Waals surface area contributed by atoms with Crippen LogP contribution in [0, 0.1) is 41.5 Å². The van der Waals surface area contributed by atoms with E-state index in [0.29, 0.717) is 36.0 Å². The highest BCUT2D eigenvalue weighted by atomic mass is 35.5. The highest BCUT2D eigenvalue weighted by Crippen LogP contribution is 2.27. The number of nitrogens with two attached hydrogens (primary N) is 3. The number of ether oxygens (including phenoxy) is 3. The second kappa shape index (κ2) is 45.0. The molecule has 0 aliphatic heterocycles. The predicted molar refractivity (Wildman–Crippen MR) is 446 cm³/mol. The fourth-order valence-corrected chi connectivity index (χ4v) is 12.4. The molecule has 6 N–H and O–H groups in total. The van der Waals surface area contributed by atoms with Crippen LogP contribution in [0.3, 0.4) is 0 Å². The fraction of sp³-hybridized carbons (Fsp3) is 0.242. The lowest BCUT2D eigenvalue weighted by Crippen LogP contribution is -2.23. The average molecular weight is 1560 g/mol. The molecule has 15 nitrogen and oxygen atoms in total. The Labute approximate surface area is 664 Å². The molecule has 12 rings (SSSR count). The number of carbonyl (C=O) groups is 6. The number of rotatable bonds is 24. The molecular formula is C91H94Cl4N6O9. The van der Waals surface area contributed by atoms with Crippen molar-refractivity contribution in [2.45, 2.75) is 112 Å². The second-order valence-corrected chi connectivity index (χ2v) is 27.7. The highest BCUT2D eigenvalue weighted by molar-refractivity contribution is 6.41. The van der Waals surface area contributed by atoms with E-state index < -0.39 is 0 Å². The van der Waals surface area contributed by atoms with Crippen molar-refractivity contribution in [3.05, 3.63) is 338 Å². The summed E-state index contributed by atoms with van der Waals surface area (Å²) in [6.07, 6.45) is 11.6. The lowest BCUT2D eigenvalue weighted by Gasteiger charge is -2.15. The minimum atomic E-state index is -0.389. The molecular weight excluding hydrogens is 1460 g/mol. The molecule has 9 aromatic carbocycles. The number of aromatic nitrogens is 3. The van der Waals surface area contributed by atoms with Crippen molar-refractivity contribution in [3.8, 4) is 0 Å². The van der Waals surface area contributed by atoms with Gasteiger partial charge in [-0.25, -0.2) is 14.4 Å². The molecule has 0 radical (unpaired) electrons. The Morgan fingerprint density at radius 1 is 0.318 bits per heavy atom. The zero-order chi connectivity index (χ0) is 79.7. The van der Waals surface area contributed by atoms with E-state index >= 15 is 0 Å². The smallest absolute Gasteiger partial charge is 0.338 e. The topological polar surface area (TPSA) is 247 Å². The quantitative estimate of drug-likeness (QED) is 0.0289. The van der Waals surface area contributed by atoms with Crippen molar-refractivity contribution in [2.24, 2.45) is 17.2 Å². The number of halogens is 4. The Hall–Kier alpha value is -10.3. The van der Waals surface area contributed by atoms with Gasteiger partial charge in [0.05, 0.1) is 45.1 Å². The van der Waals surface area contributed by atoms with Crippen molar-refractivity contribution in [3.63, 3.8) is 0 Å². The third-order valence-electron chi connectivity index (χ3n) is 18.2. The van der Waals surface area contributed by atoms with Crippen LogP contribution in [0.5, 0.6) is 0 Å². The molecule has 3 atom stereocenters. The second-order valence-electron chi connectivity index (χ2n) is 26.1. The van der Waals surface area contributed by atoms with Crippen molar-refractivity contribution < 1.29 is 43.0 Å². The number of Topliss-reactive ketones (excluding diaryl/α,β-unsaturated/α-hetero) is 3. The summed E-state index contributed by atoms with van der Waals surface area (Å²) in [6.45, 7) is 16.9. The number of hydrogen-bond donors (Lipinski definition) is 3. The molecule has 12 aromatic rings. The summed E-state index contributed by atoms with van der Waals surface area (Å²) in [5.74, 6) is -1.98. The maximum atomic E-state index is 13.0. The van der Waals surface area contributed by atoms with E-state index in [2.05, 4.69) is 15.0 Å². The highest BCUT2D eigenvalue weighted by Gasteiger charge is 2.24. The van der Waals surface area contributed by atoms with Crippen LogP contribution < -0.4 is 17.2 Å². The molecule has 0 amide bonds. The van der Waals surface area contributed by atoms with E-state index in [0.717, 1.165) is 116 Å². The van der Waals surface area contributed by atoms with Crippen LogP contribution in [-0.2, 0) is 67.7 Å². The summed E-state index contributed by atoms with van der Waals surface area (Å²) < 4.78 is 16.5. The summed E-state index contributed by atoms with van der Waals surface area (Å²) in [5.41, 5.74) is 33.7. The van der Waals surface area contributed by atoms with E-state index in [1.807, 2.05) is 256 Å². The number of alkyl halides is 4. The number of ketones is 3. The van der Waals surface area contributed by atoms with Gasteiger partial charge in [-0.05, 0) is 161 Å². The maximum Gasteiger partial charge on any atom is 0.338 e. The average Bonchev–Trinajstić information content (AvgIpc) is 0.847. The largest absolute Gasteiger partial charge is 0.457 e. The maximum absolute atomic E-state index is 13.0. The van der Waals surface area contributed by atoms with Gasteiger partial charge in [-0.15, -0.1) is 46.4 Å². The predicted octanol–water partition coefficient (Wildman–Crippen LogP) is 19.1. The van der Waals surface area contributed by atoms with Gasteiger partial charge in [-0.2, -0.15) is 0 Å². The van der Waals surface area contributed by atoms with Crippen molar-refractivity contribution >= 4 is 114 Å². The van der Waals surface area contributed by atoms with E-state index in [1.165, 1.54) is 0 Å². The zero-order valence-corrected chi connectivity index (χ0v) is 66.3. The molecule has 0 fully saturated rings. The Kier molecular flexibility index (Phi) is 35.5. The van der Waals surface area contributed by atoms with E-state index in [9.17, 15) is 28.8 Å². The van der Waals surface area contributed by atoms with Gasteiger partial charge in [0.15, 0.2) is 0 Å². The first-order chi connectivity index (χ1) is 53.1. The van der Waals surface area contributed by atoms with E-state index in [1.54, 1.807) is 36.8 Å². The lowest BCUT2D eigenvalue weighted by molar-refractivity contribution is -0.120. The van der Waals surface area contributed by atoms with Crippen LogP contribution in [0.15, 0.2) is 237 Å². The minimum absolute atomic E-state index is 0.0740. The van der Waals surface area contributed by atoms with Gasteiger partial charge in [0.2, 0.25) is 0 Å². The summed E-state index contributed by atoms with van der Waals surface area (Å²) in [5, 5.41) is 6.70. The molecule has 0 bridgehead atoms. The third kappa shape index (κ3) is 25.9. The zero-order valence-electron chi connectivity index (χ0n) is 63.3. The van der Waals surface area contributed by atoms with Crippen LogP contribution in [-0.4, -0.2) is 80.5 Å². The number of benzene rings is 9. The minimum Gasteiger partial charge on any atom is -0.457 e. The van der Waals surface area contributed by atoms with Crippen molar-refractivity contribution in [1.82, 2.24) is 15.0 Å². The summed E-state index contributed by atoms with van der Waals surface area (Å²) in [4.78, 5) is 88.8. The summed E-state index contributed by atoms with van der Waals surface area (Å²) >= 11 is 19.1. The van der Waals surface area contributed by atoms with Crippen LogP contribution in [0.4, 0.5) is 0 Å². The van der Waals surface area contributed by atoms with Crippen LogP contribution in [0.1, 0.15) is 146 Å². The monoisotopic (exact) mass is 1550 g/mol. The molecule has 0 unspecified atom stereocenters. The molecule has 0 spiro atoms. The number of fused-ring (bicyclic) bond motifs is 3. The summed E-state index contributed by atoms with van der Waals surface area (Å²) in [7, 11) is 0. The van der Waals surface area contributed by atoms with E-state index in [4.69, 9.17) is 77.8 Å². The van der Waals surface area contributed by atoms with Gasteiger partial charge in [0.25, 0.3) is 0 Å². The van der Waals surface area contributed by atoms with Gasteiger partial charge in [-0.3, -0.25) is 29.3 Å². The van der Waals surface area contributed by atoms with Crippen molar-refractivity contribution in [2.75, 3.05) is 30.3 Å². The van der Waals surface area contributed by atoms with Gasteiger partial charge in [-0.1, -0.05) is 194 Å². The molecule has 110 heavy (non-hydrogen) atoms. The normalized spacial score (nSPS) is 11.4. The van der Waals surface area contributed by atoms with Gasteiger partial charge in [0.1, 0.15) is 37.2 Å². The van der Waals surface area contributed by atoms with Crippen molar-refractivity contribution in [1.29, 1.82) is 0 Å². The summed E-state index contributed by atoms with van der Waals surface area (Å²) in [6, 6.07) is 63.3. The van der Waals surface area contributed by atoms with Gasteiger partial charge < -0.3 is 31.4 Å². The number of hydrogen-bond acceptors (Lipinski definition) is 15. The number of nitrogens with zero attached hydrogens (tertiary/aromatic N) is 3. The van der Waals surface area contributed by atoms with Gasteiger partial charge in [0, 0.05) is 92.2 Å². The molecule has 0 saturated carbocycles. The molecule has 570 valence electrons. The lowest BCUT2D eigenvalue weighted by atomic mass is 9.90. The molecule has 0 aliphatic rings.